The normalized spacial score (nSPS) is 18.7. The first kappa shape index (κ1) is 19.2. The molecule has 3 amide bonds. The van der Waals surface area contributed by atoms with Crippen LogP contribution in [0.3, 0.4) is 0 Å². The number of carbonyl (C=O) groups is 2. The van der Waals surface area contributed by atoms with Crippen LogP contribution in [0.2, 0.25) is 0 Å². The van der Waals surface area contributed by atoms with Gasteiger partial charge >= 0.3 is 6.03 Å². The van der Waals surface area contributed by atoms with Crippen molar-refractivity contribution in [3.8, 4) is 0 Å². The quantitative estimate of drug-likeness (QED) is 0.832. The van der Waals surface area contributed by atoms with Crippen molar-refractivity contribution >= 4 is 11.9 Å². The maximum atomic E-state index is 12.3. The number of carbonyl (C=O) groups excluding carboxylic acids is 2. The topological polar surface area (TPSA) is 74.3 Å². The second-order valence-corrected chi connectivity index (χ2v) is 7.31. The van der Waals surface area contributed by atoms with Gasteiger partial charge in [0.1, 0.15) is 0 Å². The van der Waals surface area contributed by atoms with Gasteiger partial charge in [0.05, 0.1) is 6.04 Å². The fourth-order valence-corrected chi connectivity index (χ4v) is 3.12. The standard InChI is InChI=1S/C19H30N4O2/c1-14(2)12-21-19(25)23-10-4-5-16(13-23)11-18(24)22-15(3)17-6-8-20-9-7-17/h6-9,14-16H,4-5,10-13H2,1-3H3,(H,21,25)(H,22,24). The summed E-state index contributed by atoms with van der Waals surface area (Å²) in [5.41, 5.74) is 1.04. The Balaban J connectivity index is 1.79. The first-order valence-electron chi connectivity index (χ1n) is 9.17. The van der Waals surface area contributed by atoms with E-state index in [1.807, 2.05) is 24.0 Å². The van der Waals surface area contributed by atoms with E-state index in [2.05, 4.69) is 29.5 Å². The molecule has 0 saturated carbocycles. The molecule has 1 aromatic heterocycles. The molecule has 2 N–H and O–H groups in total. The minimum absolute atomic E-state index is 0.0102. The summed E-state index contributed by atoms with van der Waals surface area (Å²) in [6, 6.07) is 3.77. The third-order valence-corrected chi connectivity index (χ3v) is 4.53. The van der Waals surface area contributed by atoms with E-state index >= 15 is 0 Å². The summed E-state index contributed by atoms with van der Waals surface area (Å²) in [4.78, 5) is 30.4. The Bertz CT molecular complexity index is 562. The molecule has 0 spiro atoms. The molecular weight excluding hydrogens is 316 g/mol. The lowest BCUT2D eigenvalue weighted by molar-refractivity contribution is -0.123. The highest BCUT2D eigenvalue weighted by atomic mass is 16.2. The summed E-state index contributed by atoms with van der Waals surface area (Å²) in [5, 5.41) is 6.00. The zero-order chi connectivity index (χ0) is 18.2. The number of nitrogens with one attached hydrogen (secondary N) is 2. The molecule has 1 aliphatic rings. The third-order valence-electron chi connectivity index (χ3n) is 4.53. The van der Waals surface area contributed by atoms with Crippen LogP contribution in [0.4, 0.5) is 4.79 Å². The predicted molar refractivity (Wildman–Crippen MR) is 97.9 cm³/mol. The van der Waals surface area contributed by atoms with E-state index in [0.717, 1.165) is 24.9 Å². The second kappa shape index (κ2) is 9.39. The summed E-state index contributed by atoms with van der Waals surface area (Å²) in [6.07, 6.45) is 5.86. The Hall–Kier alpha value is -2.11. The maximum absolute atomic E-state index is 12.3. The third kappa shape index (κ3) is 6.36. The van der Waals surface area contributed by atoms with Crippen molar-refractivity contribution in [2.75, 3.05) is 19.6 Å². The van der Waals surface area contributed by atoms with Crippen LogP contribution in [0.1, 0.15) is 51.6 Å². The van der Waals surface area contributed by atoms with E-state index in [0.29, 0.717) is 25.4 Å². The lowest BCUT2D eigenvalue weighted by atomic mass is 9.94. The largest absolute Gasteiger partial charge is 0.350 e. The number of urea groups is 1. The molecule has 2 unspecified atom stereocenters. The number of hydrogen-bond donors (Lipinski definition) is 2. The van der Waals surface area contributed by atoms with Gasteiger partial charge in [-0.2, -0.15) is 0 Å². The Kier molecular flexibility index (Phi) is 7.22. The second-order valence-electron chi connectivity index (χ2n) is 7.31. The molecule has 0 aromatic carbocycles. The molecule has 0 aliphatic carbocycles. The summed E-state index contributed by atoms with van der Waals surface area (Å²) >= 11 is 0. The van der Waals surface area contributed by atoms with E-state index in [1.165, 1.54) is 0 Å². The Morgan fingerprint density at radius 3 is 2.68 bits per heavy atom. The smallest absolute Gasteiger partial charge is 0.317 e. The van der Waals surface area contributed by atoms with Gasteiger partial charge in [0, 0.05) is 38.4 Å². The zero-order valence-electron chi connectivity index (χ0n) is 15.5. The molecule has 138 valence electrons. The van der Waals surface area contributed by atoms with E-state index in [1.54, 1.807) is 12.4 Å². The Labute approximate surface area is 150 Å². The highest BCUT2D eigenvalue weighted by molar-refractivity contribution is 5.77. The van der Waals surface area contributed by atoms with Crippen LogP contribution in [-0.2, 0) is 4.79 Å². The number of hydrogen-bond acceptors (Lipinski definition) is 3. The lowest BCUT2D eigenvalue weighted by Gasteiger charge is -2.33. The highest BCUT2D eigenvalue weighted by Gasteiger charge is 2.25. The monoisotopic (exact) mass is 346 g/mol. The average molecular weight is 346 g/mol. The van der Waals surface area contributed by atoms with Crippen LogP contribution in [0.25, 0.3) is 0 Å². The molecule has 1 aliphatic heterocycles. The van der Waals surface area contributed by atoms with Gasteiger partial charge in [0.2, 0.25) is 5.91 Å². The van der Waals surface area contributed by atoms with Crippen molar-refractivity contribution in [2.45, 2.75) is 46.1 Å². The summed E-state index contributed by atoms with van der Waals surface area (Å²) in [6.45, 7) is 8.24. The molecule has 0 bridgehead atoms. The molecule has 2 atom stereocenters. The Morgan fingerprint density at radius 1 is 1.28 bits per heavy atom. The van der Waals surface area contributed by atoms with Gasteiger partial charge < -0.3 is 15.5 Å². The van der Waals surface area contributed by atoms with Crippen LogP contribution in [0.15, 0.2) is 24.5 Å². The van der Waals surface area contributed by atoms with Crippen LogP contribution >= 0.6 is 0 Å². The minimum Gasteiger partial charge on any atom is -0.350 e. The maximum Gasteiger partial charge on any atom is 0.317 e. The molecule has 6 heteroatoms. The number of amides is 3. The molecule has 0 radical (unpaired) electrons. The number of likely N-dealkylation sites (tertiary alicyclic amines) is 1. The van der Waals surface area contributed by atoms with Crippen molar-refractivity contribution in [2.24, 2.45) is 11.8 Å². The summed E-state index contributed by atoms with van der Waals surface area (Å²) in [7, 11) is 0. The zero-order valence-corrected chi connectivity index (χ0v) is 15.5. The van der Waals surface area contributed by atoms with Crippen molar-refractivity contribution < 1.29 is 9.59 Å². The highest BCUT2D eigenvalue weighted by Crippen LogP contribution is 2.20. The van der Waals surface area contributed by atoms with E-state index in [-0.39, 0.29) is 23.9 Å². The molecule has 2 heterocycles. The molecule has 25 heavy (non-hydrogen) atoms. The summed E-state index contributed by atoms with van der Waals surface area (Å²) < 4.78 is 0. The molecule has 6 nitrogen and oxygen atoms in total. The van der Waals surface area contributed by atoms with Gasteiger partial charge in [0.25, 0.3) is 0 Å². The SMILES string of the molecule is CC(C)CNC(=O)N1CCCC(CC(=O)NC(C)c2ccncc2)C1. The van der Waals surface area contributed by atoms with Crippen molar-refractivity contribution in [3.63, 3.8) is 0 Å². The fourth-order valence-electron chi connectivity index (χ4n) is 3.12. The van der Waals surface area contributed by atoms with Crippen LogP contribution in [0.5, 0.6) is 0 Å². The van der Waals surface area contributed by atoms with Gasteiger partial charge in [-0.05, 0) is 49.3 Å². The van der Waals surface area contributed by atoms with Crippen LogP contribution in [0, 0.1) is 11.8 Å². The van der Waals surface area contributed by atoms with E-state index < -0.39 is 0 Å². The van der Waals surface area contributed by atoms with Gasteiger partial charge in [0.15, 0.2) is 0 Å². The van der Waals surface area contributed by atoms with E-state index in [9.17, 15) is 9.59 Å². The first-order valence-corrected chi connectivity index (χ1v) is 9.17. The number of piperidine rings is 1. The van der Waals surface area contributed by atoms with Gasteiger partial charge in [-0.15, -0.1) is 0 Å². The van der Waals surface area contributed by atoms with Crippen LogP contribution < -0.4 is 10.6 Å². The number of pyridine rings is 1. The number of aromatic nitrogens is 1. The van der Waals surface area contributed by atoms with Crippen LogP contribution in [-0.4, -0.2) is 41.5 Å². The van der Waals surface area contributed by atoms with Crippen molar-refractivity contribution in [1.82, 2.24) is 20.5 Å². The average Bonchev–Trinajstić information content (AvgIpc) is 2.60. The predicted octanol–water partition coefficient (Wildman–Crippen LogP) is 2.73. The molecule has 1 fully saturated rings. The Morgan fingerprint density at radius 2 is 2.00 bits per heavy atom. The molecule has 1 saturated heterocycles. The fraction of sp³-hybridized carbons (Fsp3) is 0.632. The van der Waals surface area contributed by atoms with Crippen molar-refractivity contribution in [3.05, 3.63) is 30.1 Å². The van der Waals surface area contributed by atoms with Crippen molar-refractivity contribution in [1.29, 1.82) is 0 Å². The number of nitrogens with zero attached hydrogens (tertiary/aromatic N) is 2. The first-order chi connectivity index (χ1) is 12.0. The minimum atomic E-state index is -0.0375. The molecular formula is C19H30N4O2. The van der Waals surface area contributed by atoms with Gasteiger partial charge in [-0.1, -0.05) is 13.8 Å². The lowest BCUT2D eigenvalue weighted by Crippen LogP contribution is -2.47. The van der Waals surface area contributed by atoms with Gasteiger partial charge in [-0.25, -0.2) is 4.79 Å². The summed E-state index contributed by atoms with van der Waals surface area (Å²) in [5.74, 6) is 0.701. The molecule has 1 aromatic rings. The van der Waals surface area contributed by atoms with Gasteiger partial charge in [-0.3, -0.25) is 9.78 Å². The number of rotatable bonds is 6. The van der Waals surface area contributed by atoms with E-state index in [4.69, 9.17) is 0 Å². The molecule has 2 rings (SSSR count).